The Morgan fingerprint density at radius 3 is 2.35 bits per heavy atom. The molecule has 1 aromatic carbocycles. The largest absolute Gasteiger partial charge is 0.316 e. The molecule has 1 N–H and O–H groups in total. The number of nitrogens with one attached hydrogen (secondary N) is 1. The van der Waals surface area contributed by atoms with Crippen molar-refractivity contribution in [1.82, 2.24) is 5.32 Å². The predicted molar refractivity (Wildman–Crippen MR) is 76.4 cm³/mol. The molecule has 0 aromatic heterocycles. The lowest BCUT2D eigenvalue weighted by molar-refractivity contribution is 0.404. The van der Waals surface area contributed by atoms with Gasteiger partial charge in [-0.25, -0.2) is 0 Å². The van der Waals surface area contributed by atoms with Crippen molar-refractivity contribution in [3.05, 3.63) is 35.9 Å². The van der Waals surface area contributed by atoms with E-state index in [4.69, 9.17) is 0 Å². The minimum absolute atomic E-state index is 0.655. The van der Waals surface area contributed by atoms with E-state index in [-0.39, 0.29) is 0 Å². The topological polar surface area (TPSA) is 12.0 Å². The maximum absolute atomic E-state index is 3.57. The SMILES string of the molecule is CCCNCC(c1ccccc1)C(C)CCC. The summed E-state index contributed by atoms with van der Waals surface area (Å²) in [6, 6.07) is 10.9. The van der Waals surface area contributed by atoms with Gasteiger partial charge >= 0.3 is 0 Å². The summed E-state index contributed by atoms with van der Waals surface area (Å²) in [6.07, 6.45) is 3.80. The highest BCUT2D eigenvalue weighted by atomic mass is 14.9. The molecule has 0 fully saturated rings. The zero-order valence-corrected chi connectivity index (χ0v) is 11.6. The minimum atomic E-state index is 0.655. The molecular formula is C16H27N. The van der Waals surface area contributed by atoms with E-state index in [9.17, 15) is 0 Å². The first-order chi connectivity index (χ1) is 8.29. The molecule has 1 heteroatoms. The second-order valence-electron chi connectivity index (χ2n) is 4.99. The summed E-state index contributed by atoms with van der Waals surface area (Å²) in [5.41, 5.74) is 1.48. The summed E-state index contributed by atoms with van der Waals surface area (Å²) in [4.78, 5) is 0. The number of hydrogen-bond acceptors (Lipinski definition) is 1. The van der Waals surface area contributed by atoms with Crippen LogP contribution in [-0.4, -0.2) is 13.1 Å². The van der Waals surface area contributed by atoms with Crippen molar-refractivity contribution in [3.8, 4) is 0 Å². The summed E-state index contributed by atoms with van der Waals surface area (Å²) in [5, 5.41) is 3.57. The second kappa shape index (κ2) is 8.30. The van der Waals surface area contributed by atoms with Crippen LogP contribution in [0.1, 0.15) is 51.5 Å². The van der Waals surface area contributed by atoms with Gasteiger partial charge in [-0.2, -0.15) is 0 Å². The number of rotatable bonds is 8. The van der Waals surface area contributed by atoms with Gasteiger partial charge in [-0.05, 0) is 30.4 Å². The first kappa shape index (κ1) is 14.2. The maximum atomic E-state index is 3.57. The Labute approximate surface area is 107 Å². The fourth-order valence-electron chi connectivity index (χ4n) is 2.44. The quantitative estimate of drug-likeness (QED) is 0.663. The van der Waals surface area contributed by atoms with Gasteiger partial charge in [0, 0.05) is 6.54 Å². The molecule has 0 heterocycles. The van der Waals surface area contributed by atoms with E-state index in [0.29, 0.717) is 5.92 Å². The Hall–Kier alpha value is -0.820. The maximum Gasteiger partial charge on any atom is 0.00227 e. The van der Waals surface area contributed by atoms with Gasteiger partial charge in [-0.15, -0.1) is 0 Å². The third kappa shape index (κ3) is 4.91. The molecule has 0 amide bonds. The van der Waals surface area contributed by atoms with Crippen molar-refractivity contribution >= 4 is 0 Å². The van der Waals surface area contributed by atoms with Crippen molar-refractivity contribution in [2.45, 2.75) is 46.0 Å². The number of hydrogen-bond donors (Lipinski definition) is 1. The monoisotopic (exact) mass is 233 g/mol. The van der Waals surface area contributed by atoms with Crippen LogP contribution in [-0.2, 0) is 0 Å². The van der Waals surface area contributed by atoms with Crippen LogP contribution < -0.4 is 5.32 Å². The van der Waals surface area contributed by atoms with E-state index < -0.39 is 0 Å². The van der Waals surface area contributed by atoms with Crippen molar-refractivity contribution < 1.29 is 0 Å². The molecule has 96 valence electrons. The molecular weight excluding hydrogens is 206 g/mol. The number of benzene rings is 1. The lowest BCUT2D eigenvalue weighted by atomic mass is 9.84. The molecule has 0 saturated carbocycles. The Balaban J connectivity index is 2.64. The molecule has 0 spiro atoms. The summed E-state index contributed by atoms with van der Waals surface area (Å²) in [7, 11) is 0. The van der Waals surface area contributed by atoms with Gasteiger partial charge in [0.15, 0.2) is 0 Å². The van der Waals surface area contributed by atoms with Crippen molar-refractivity contribution in [2.24, 2.45) is 5.92 Å². The van der Waals surface area contributed by atoms with Gasteiger partial charge in [0.2, 0.25) is 0 Å². The fraction of sp³-hybridized carbons (Fsp3) is 0.625. The zero-order chi connectivity index (χ0) is 12.5. The Morgan fingerprint density at radius 1 is 1.06 bits per heavy atom. The molecule has 2 atom stereocenters. The summed E-state index contributed by atoms with van der Waals surface area (Å²) >= 11 is 0. The highest BCUT2D eigenvalue weighted by molar-refractivity contribution is 5.20. The Morgan fingerprint density at radius 2 is 1.76 bits per heavy atom. The molecule has 2 unspecified atom stereocenters. The van der Waals surface area contributed by atoms with Gasteiger partial charge < -0.3 is 5.32 Å². The molecule has 0 aliphatic heterocycles. The summed E-state index contributed by atoms with van der Waals surface area (Å²) in [5.74, 6) is 1.41. The van der Waals surface area contributed by atoms with Crippen molar-refractivity contribution in [1.29, 1.82) is 0 Å². The Kier molecular flexibility index (Phi) is 6.95. The first-order valence-electron chi connectivity index (χ1n) is 7.05. The van der Waals surface area contributed by atoms with Crippen LogP contribution in [0.15, 0.2) is 30.3 Å². The van der Waals surface area contributed by atoms with Gasteiger partial charge in [0.25, 0.3) is 0 Å². The van der Waals surface area contributed by atoms with Gasteiger partial charge in [0.1, 0.15) is 0 Å². The molecule has 0 radical (unpaired) electrons. The third-order valence-electron chi connectivity index (χ3n) is 3.45. The standard InChI is InChI=1S/C16H27N/c1-4-9-14(3)16(13-17-12-5-2)15-10-7-6-8-11-15/h6-8,10-11,14,16-17H,4-5,9,12-13H2,1-3H3. The average Bonchev–Trinajstić information content (AvgIpc) is 2.36. The molecule has 0 saturated heterocycles. The molecule has 0 aliphatic carbocycles. The van der Waals surface area contributed by atoms with Crippen molar-refractivity contribution in [3.63, 3.8) is 0 Å². The summed E-state index contributed by atoms with van der Waals surface area (Å²) in [6.45, 7) is 9.12. The van der Waals surface area contributed by atoms with Crippen LogP contribution in [0.5, 0.6) is 0 Å². The van der Waals surface area contributed by atoms with E-state index in [0.717, 1.165) is 19.0 Å². The van der Waals surface area contributed by atoms with Crippen LogP contribution in [0.3, 0.4) is 0 Å². The van der Waals surface area contributed by atoms with E-state index in [2.05, 4.69) is 56.4 Å². The van der Waals surface area contributed by atoms with Crippen LogP contribution >= 0.6 is 0 Å². The van der Waals surface area contributed by atoms with Crippen LogP contribution in [0.2, 0.25) is 0 Å². The van der Waals surface area contributed by atoms with Gasteiger partial charge in [-0.3, -0.25) is 0 Å². The Bertz CT molecular complexity index is 281. The predicted octanol–water partition coefficient (Wildman–Crippen LogP) is 4.21. The highest BCUT2D eigenvalue weighted by Gasteiger charge is 2.17. The molecule has 0 bridgehead atoms. The fourth-order valence-corrected chi connectivity index (χ4v) is 2.44. The van der Waals surface area contributed by atoms with E-state index >= 15 is 0 Å². The van der Waals surface area contributed by atoms with Crippen LogP contribution in [0, 0.1) is 5.92 Å². The van der Waals surface area contributed by atoms with Gasteiger partial charge in [-0.1, -0.05) is 63.9 Å². The highest BCUT2D eigenvalue weighted by Crippen LogP contribution is 2.27. The third-order valence-corrected chi connectivity index (χ3v) is 3.45. The smallest absolute Gasteiger partial charge is 0.00227 e. The van der Waals surface area contributed by atoms with Gasteiger partial charge in [0.05, 0.1) is 0 Å². The zero-order valence-electron chi connectivity index (χ0n) is 11.6. The normalized spacial score (nSPS) is 14.5. The van der Waals surface area contributed by atoms with E-state index in [1.54, 1.807) is 0 Å². The van der Waals surface area contributed by atoms with Crippen LogP contribution in [0.4, 0.5) is 0 Å². The van der Waals surface area contributed by atoms with E-state index in [1.165, 1.54) is 24.8 Å². The minimum Gasteiger partial charge on any atom is -0.316 e. The molecule has 1 rings (SSSR count). The molecule has 1 aromatic rings. The molecule has 0 aliphatic rings. The molecule has 1 nitrogen and oxygen atoms in total. The van der Waals surface area contributed by atoms with Crippen molar-refractivity contribution in [2.75, 3.05) is 13.1 Å². The lowest BCUT2D eigenvalue weighted by Gasteiger charge is -2.24. The average molecular weight is 233 g/mol. The summed E-state index contributed by atoms with van der Waals surface area (Å²) < 4.78 is 0. The lowest BCUT2D eigenvalue weighted by Crippen LogP contribution is -2.26. The second-order valence-corrected chi connectivity index (χ2v) is 4.99. The first-order valence-corrected chi connectivity index (χ1v) is 7.05. The van der Waals surface area contributed by atoms with Crippen LogP contribution in [0.25, 0.3) is 0 Å². The van der Waals surface area contributed by atoms with E-state index in [1.807, 2.05) is 0 Å². The molecule has 17 heavy (non-hydrogen) atoms.